The summed E-state index contributed by atoms with van der Waals surface area (Å²) in [5.74, 6) is 0.140. The number of amides is 2. The molecular weight excluding hydrogens is 468 g/mol. The topological polar surface area (TPSA) is 122 Å². The van der Waals surface area contributed by atoms with E-state index in [0.717, 1.165) is 4.88 Å². The van der Waals surface area contributed by atoms with Crippen LogP contribution >= 0.6 is 11.3 Å². The van der Waals surface area contributed by atoms with Crippen molar-refractivity contribution < 1.29 is 14.3 Å². The van der Waals surface area contributed by atoms with Crippen LogP contribution < -0.4 is 20.5 Å². The Labute approximate surface area is 204 Å². The predicted octanol–water partition coefficient (Wildman–Crippen LogP) is 2.99. The van der Waals surface area contributed by atoms with Crippen molar-refractivity contribution in [2.45, 2.75) is 13.3 Å². The van der Waals surface area contributed by atoms with Crippen LogP contribution in [-0.2, 0) is 9.59 Å². The van der Waals surface area contributed by atoms with Gasteiger partial charge in [-0.25, -0.2) is 4.98 Å². The molecular formula is C24H22N6O4S. The number of aryl methyl sites for hydroxylation is 1. The molecule has 1 aliphatic rings. The normalized spacial score (nSPS) is 15.4. The maximum absolute atomic E-state index is 13.2. The lowest BCUT2D eigenvalue weighted by Gasteiger charge is -2.17. The maximum atomic E-state index is 13.2. The van der Waals surface area contributed by atoms with Crippen molar-refractivity contribution in [3.05, 3.63) is 70.0 Å². The standard InChI is InChI=1S/C24H22N6O4S/c1-14-9-21(31)27-24(25-14)30-20(12-18(28-30)19-7-4-8-35-19)26-23(33)15-10-22(32)29(13-15)16-5-3-6-17(11-16)34-2/h3-9,11-12,15H,10,13H2,1-2H3,(H,26,33)(H,25,27,31). The smallest absolute Gasteiger partial charge is 0.252 e. The van der Waals surface area contributed by atoms with Gasteiger partial charge in [-0.15, -0.1) is 11.3 Å². The first-order valence-electron chi connectivity index (χ1n) is 10.9. The number of hydrogen-bond acceptors (Lipinski definition) is 7. The molecule has 10 nitrogen and oxygen atoms in total. The number of hydrogen-bond donors (Lipinski definition) is 2. The van der Waals surface area contributed by atoms with Gasteiger partial charge in [0.1, 0.15) is 17.3 Å². The second-order valence-electron chi connectivity index (χ2n) is 8.11. The lowest BCUT2D eigenvalue weighted by Crippen LogP contribution is -2.28. The average molecular weight is 491 g/mol. The van der Waals surface area contributed by atoms with E-state index in [1.54, 1.807) is 43.2 Å². The van der Waals surface area contributed by atoms with Crippen LogP contribution in [0.2, 0.25) is 0 Å². The fourth-order valence-electron chi connectivity index (χ4n) is 3.98. The first-order valence-corrected chi connectivity index (χ1v) is 11.8. The summed E-state index contributed by atoms with van der Waals surface area (Å²) in [7, 11) is 1.56. The monoisotopic (exact) mass is 490 g/mol. The van der Waals surface area contributed by atoms with Crippen molar-refractivity contribution in [2.75, 3.05) is 23.9 Å². The van der Waals surface area contributed by atoms with Crippen LogP contribution in [0.15, 0.2) is 58.7 Å². The largest absolute Gasteiger partial charge is 0.497 e. The van der Waals surface area contributed by atoms with Crippen molar-refractivity contribution in [2.24, 2.45) is 5.92 Å². The third-order valence-corrected chi connectivity index (χ3v) is 6.55. The van der Waals surface area contributed by atoms with Crippen LogP contribution in [-0.4, -0.2) is 45.2 Å². The number of anilines is 2. The minimum absolute atomic E-state index is 0.0779. The summed E-state index contributed by atoms with van der Waals surface area (Å²) in [6.07, 6.45) is 0.0779. The van der Waals surface area contributed by atoms with E-state index >= 15 is 0 Å². The Morgan fingerprint density at radius 1 is 1.20 bits per heavy atom. The molecule has 0 spiro atoms. The lowest BCUT2D eigenvalue weighted by molar-refractivity contribution is -0.122. The zero-order valence-electron chi connectivity index (χ0n) is 19.0. The zero-order valence-corrected chi connectivity index (χ0v) is 19.8. The number of ether oxygens (including phenoxy) is 1. The Kier molecular flexibility index (Phi) is 5.91. The molecule has 0 bridgehead atoms. The molecule has 2 N–H and O–H groups in total. The molecule has 1 aromatic carbocycles. The lowest BCUT2D eigenvalue weighted by atomic mass is 10.1. The van der Waals surface area contributed by atoms with Gasteiger partial charge in [0, 0.05) is 42.5 Å². The number of aromatic amines is 1. The minimum atomic E-state index is -0.563. The highest BCUT2D eigenvalue weighted by Crippen LogP contribution is 2.30. The molecule has 1 atom stereocenters. The first kappa shape index (κ1) is 22.5. The number of thiophene rings is 1. The fourth-order valence-corrected chi connectivity index (χ4v) is 4.66. The molecule has 2 amide bonds. The molecule has 1 unspecified atom stereocenters. The molecule has 0 radical (unpaired) electrons. The van der Waals surface area contributed by atoms with Gasteiger partial charge in [-0.1, -0.05) is 12.1 Å². The number of carbonyl (C=O) groups excluding carboxylic acids is 2. The van der Waals surface area contributed by atoms with Gasteiger partial charge in [0.25, 0.3) is 5.56 Å². The van der Waals surface area contributed by atoms with Gasteiger partial charge in [0.15, 0.2) is 0 Å². The summed E-state index contributed by atoms with van der Waals surface area (Å²) in [5, 5.41) is 9.39. The SMILES string of the molecule is COc1cccc(N2CC(C(=O)Nc3cc(-c4cccs4)nn3-c3nc(C)cc(=O)[nH]3)CC2=O)c1. The van der Waals surface area contributed by atoms with E-state index in [4.69, 9.17) is 4.74 Å². The second kappa shape index (κ2) is 9.18. The van der Waals surface area contributed by atoms with E-state index in [1.165, 1.54) is 22.1 Å². The van der Waals surface area contributed by atoms with E-state index < -0.39 is 5.92 Å². The quantitative estimate of drug-likeness (QED) is 0.429. The molecule has 3 aromatic heterocycles. The molecule has 0 aliphatic carbocycles. The van der Waals surface area contributed by atoms with Gasteiger partial charge in [-0.05, 0) is 30.5 Å². The van der Waals surface area contributed by atoms with Crippen molar-refractivity contribution >= 4 is 34.7 Å². The van der Waals surface area contributed by atoms with Crippen LogP contribution in [0.4, 0.5) is 11.5 Å². The third kappa shape index (κ3) is 4.58. The number of aromatic nitrogens is 4. The van der Waals surface area contributed by atoms with Crippen molar-refractivity contribution in [1.82, 2.24) is 19.7 Å². The molecule has 4 heterocycles. The third-order valence-electron chi connectivity index (χ3n) is 5.65. The molecule has 4 aromatic rings. The van der Waals surface area contributed by atoms with E-state index in [1.807, 2.05) is 23.6 Å². The van der Waals surface area contributed by atoms with Gasteiger partial charge in [0.05, 0.1) is 17.9 Å². The highest BCUT2D eigenvalue weighted by atomic mass is 32.1. The van der Waals surface area contributed by atoms with Crippen molar-refractivity contribution in [3.63, 3.8) is 0 Å². The summed E-state index contributed by atoms with van der Waals surface area (Å²) in [5.41, 5.74) is 1.49. The minimum Gasteiger partial charge on any atom is -0.497 e. The number of nitrogens with zero attached hydrogens (tertiary/aromatic N) is 4. The number of H-pyrrole nitrogens is 1. The Morgan fingerprint density at radius 2 is 2.06 bits per heavy atom. The van der Waals surface area contributed by atoms with Gasteiger partial charge >= 0.3 is 0 Å². The molecule has 35 heavy (non-hydrogen) atoms. The Balaban J connectivity index is 1.43. The van der Waals surface area contributed by atoms with Crippen molar-refractivity contribution in [3.8, 4) is 22.3 Å². The van der Waals surface area contributed by atoms with Crippen LogP contribution in [0.3, 0.4) is 0 Å². The molecule has 1 saturated heterocycles. The van der Waals surface area contributed by atoms with Crippen LogP contribution in [0.5, 0.6) is 5.75 Å². The van der Waals surface area contributed by atoms with Crippen LogP contribution in [0.25, 0.3) is 16.5 Å². The molecule has 0 saturated carbocycles. The van der Waals surface area contributed by atoms with Crippen molar-refractivity contribution in [1.29, 1.82) is 0 Å². The number of rotatable bonds is 6. The summed E-state index contributed by atoms with van der Waals surface area (Å²) < 4.78 is 6.65. The molecule has 178 valence electrons. The highest BCUT2D eigenvalue weighted by molar-refractivity contribution is 7.13. The van der Waals surface area contributed by atoms with Gasteiger partial charge in [0.2, 0.25) is 17.8 Å². The first-order chi connectivity index (χ1) is 16.9. The van der Waals surface area contributed by atoms with Gasteiger partial charge in [-0.2, -0.15) is 9.78 Å². The second-order valence-corrected chi connectivity index (χ2v) is 9.06. The van der Waals surface area contributed by atoms with Crippen LogP contribution in [0.1, 0.15) is 12.1 Å². The highest BCUT2D eigenvalue weighted by Gasteiger charge is 2.36. The molecule has 1 aliphatic heterocycles. The van der Waals surface area contributed by atoms with Gasteiger partial charge in [-0.3, -0.25) is 19.4 Å². The number of nitrogens with one attached hydrogen (secondary N) is 2. The van der Waals surface area contributed by atoms with E-state index in [-0.39, 0.29) is 36.3 Å². The summed E-state index contributed by atoms with van der Waals surface area (Å²) >= 11 is 1.50. The van der Waals surface area contributed by atoms with E-state index in [0.29, 0.717) is 28.6 Å². The zero-order chi connectivity index (χ0) is 24.5. The predicted molar refractivity (Wildman–Crippen MR) is 132 cm³/mol. The molecule has 11 heteroatoms. The Morgan fingerprint density at radius 3 is 2.80 bits per heavy atom. The average Bonchev–Trinajstić information content (AvgIpc) is 3.58. The summed E-state index contributed by atoms with van der Waals surface area (Å²) in [6, 6.07) is 14.1. The maximum Gasteiger partial charge on any atom is 0.252 e. The summed E-state index contributed by atoms with van der Waals surface area (Å²) in [6.45, 7) is 1.95. The van der Waals surface area contributed by atoms with Crippen LogP contribution in [0, 0.1) is 12.8 Å². The number of methoxy groups -OCH3 is 1. The molecule has 5 rings (SSSR count). The number of benzene rings is 1. The van der Waals surface area contributed by atoms with E-state index in [9.17, 15) is 14.4 Å². The summed E-state index contributed by atoms with van der Waals surface area (Å²) in [4.78, 5) is 47.5. The van der Waals surface area contributed by atoms with E-state index in [2.05, 4.69) is 20.4 Å². The van der Waals surface area contributed by atoms with Gasteiger partial charge < -0.3 is 15.0 Å². The molecule has 1 fully saturated rings. The Hall–Kier alpha value is -4.25. The Bertz CT molecular complexity index is 1460. The number of carbonyl (C=O) groups is 2. The fraction of sp³-hybridized carbons (Fsp3) is 0.208.